The molecule has 0 atom stereocenters. The van der Waals surface area contributed by atoms with E-state index in [1.54, 1.807) is 23.1 Å². The van der Waals surface area contributed by atoms with E-state index in [2.05, 4.69) is 0 Å². The highest BCUT2D eigenvalue weighted by Crippen LogP contribution is 2.24. The fourth-order valence-corrected chi connectivity index (χ4v) is 3.01. The maximum Gasteiger partial charge on any atom is 0.291 e. The summed E-state index contributed by atoms with van der Waals surface area (Å²) >= 11 is 0. The van der Waals surface area contributed by atoms with Gasteiger partial charge in [-0.2, -0.15) is 0 Å². The third-order valence-corrected chi connectivity index (χ3v) is 4.26. The predicted octanol–water partition coefficient (Wildman–Crippen LogP) is 1.99. The molecule has 0 bridgehead atoms. The zero-order valence-electron chi connectivity index (χ0n) is 13.5. The number of fused-ring (bicyclic) bond motifs is 1. The molecular formula is C17H19FN2O4. The molecule has 128 valence electrons. The Bertz CT molecular complexity index is 812. The highest BCUT2D eigenvalue weighted by Gasteiger charge is 2.22. The second-order valence-electron chi connectivity index (χ2n) is 5.68. The van der Waals surface area contributed by atoms with Crippen molar-refractivity contribution in [3.8, 4) is 5.75 Å². The quantitative estimate of drug-likeness (QED) is 0.858. The van der Waals surface area contributed by atoms with E-state index < -0.39 is 12.4 Å². The van der Waals surface area contributed by atoms with Gasteiger partial charge in [0.1, 0.15) is 5.75 Å². The van der Waals surface area contributed by atoms with Crippen molar-refractivity contribution in [2.45, 2.75) is 19.3 Å². The Morgan fingerprint density at radius 2 is 1.96 bits per heavy atom. The smallest absolute Gasteiger partial charge is 0.291 e. The standard InChI is InChI=1S/C17H19FN2O4/c1-23-12-5-6-13-14(9-12)15(10-20(17(13)22)24-11-18)16(21)19-7-3-2-4-8-19/h5-6,9-10H,2-4,7-8,11H2,1H3. The number of aromatic nitrogens is 1. The summed E-state index contributed by atoms with van der Waals surface area (Å²) in [6.07, 6.45) is 4.27. The molecule has 0 radical (unpaired) electrons. The summed E-state index contributed by atoms with van der Waals surface area (Å²) in [6.45, 7) is 0.194. The number of benzene rings is 1. The van der Waals surface area contributed by atoms with Crippen LogP contribution in [0.15, 0.2) is 29.2 Å². The number of hydrogen-bond acceptors (Lipinski definition) is 4. The van der Waals surface area contributed by atoms with Gasteiger partial charge < -0.3 is 14.5 Å². The van der Waals surface area contributed by atoms with E-state index in [0.29, 0.717) is 29.8 Å². The van der Waals surface area contributed by atoms with Crippen LogP contribution >= 0.6 is 0 Å². The van der Waals surface area contributed by atoms with Crippen molar-refractivity contribution in [2.75, 3.05) is 27.1 Å². The molecule has 1 aliphatic heterocycles. The largest absolute Gasteiger partial charge is 0.497 e. The molecule has 6 nitrogen and oxygen atoms in total. The van der Waals surface area contributed by atoms with Crippen LogP contribution in [-0.2, 0) is 0 Å². The highest BCUT2D eigenvalue weighted by molar-refractivity contribution is 6.06. The van der Waals surface area contributed by atoms with Gasteiger partial charge in [-0.15, -0.1) is 4.73 Å². The molecule has 1 saturated heterocycles. The number of likely N-dealkylation sites (tertiary alicyclic amines) is 1. The monoisotopic (exact) mass is 334 g/mol. The number of hydrogen-bond donors (Lipinski definition) is 0. The summed E-state index contributed by atoms with van der Waals surface area (Å²) < 4.78 is 18.5. The molecule has 3 rings (SSSR count). The molecule has 1 aromatic carbocycles. The minimum Gasteiger partial charge on any atom is -0.497 e. The fourth-order valence-electron chi connectivity index (χ4n) is 3.01. The maximum atomic E-state index is 12.9. The topological polar surface area (TPSA) is 60.8 Å². The van der Waals surface area contributed by atoms with Crippen molar-refractivity contribution in [1.29, 1.82) is 0 Å². The van der Waals surface area contributed by atoms with Gasteiger partial charge in [-0.3, -0.25) is 9.59 Å². The Balaban J connectivity index is 2.17. The van der Waals surface area contributed by atoms with E-state index >= 15 is 0 Å². The Morgan fingerprint density at radius 3 is 2.62 bits per heavy atom. The van der Waals surface area contributed by atoms with E-state index in [-0.39, 0.29) is 11.3 Å². The molecule has 0 saturated carbocycles. The number of amides is 1. The molecule has 1 amide bonds. The van der Waals surface area contributed by atoms with Gasteiger partial charge in [-0.25, -0.2) is 4.39 Å². The zero-order valence-corrected chi connectivity index (χ0v) is 13.5. The minimum absolute atomic E-state index is 0.191. The maximum absolute atomic E-state index is 12.9. The molecule has 0 aliphatic carbocycles. The van der Waals surface area contributed by atoms with Crippen LogP contribution in [0, 0.1) is 0 Å². The lowest BCUT2D eigenvalue weighted by molar-refractivity contribution is 0.0360. The van der Waals surface area contributed by atoms with Crippen LogP contribution in [0.5, 0.6) is 5.75 Å². The first-order chi connectivity index (χ1) is 11.7. The van der Waals surface area contributed by atoms with Crippen LogP contribution < -0.4 is 15.1 Å². The molecule has 0 unspecified atom stereocenters. The third-order valence-electron chi connectivity index (χ3n) is 4.26. The average Bonchev–Trinajstić information content (AvgIpc) is 2.64. The lowest BCUT2D eigenvalue weighted by atomic mass is 10.0. The first-order valence-electron chi connectivity index (χ1n) is 7.87. The van der Waals surface area contributed by atoms with Crippen LogP contribution in [0.2, 0.25) is 0 Å². The van der Waals surface area contributed by atoms with E-state index in [9.17, 15) is 14.0 Å². The Morgan fingerprint density at radius 1 is 1.21 bits per heavy atom. The molecule has 2 heterocycles. The van der Waals surface area contributed by atoms with Gasteiger partial charge in [-0.05, 0) is 37.5 Å². The van der Waals surface area contributed by atoms with Crippen molar-refractivity contribution in [3.05, 3.63) is 40.3 Å². The Kier molecular flexibility index (Phi) is 4.69. The van der Waals surface area contributed by atoms with Gasteiger partial charge in [0.15, 0.2) is 0 Å². The average molecular weight is 334 g/mol. The van der Waals surface area contributed by atoms with Crippen LogP contribution in [0.4, 0.5) is 4.39 Å². The number of ether oxygens (including phenoxy) is 1. The number of rotatable bonds is 4. The number of halogens is 1. The lowest BCUT2D eigenvalue weighted by Gasteiger charge is -2.27. The minimum atomic E-state index is -1.15. The summed E-state index contributed by atoms with van der Waals surface area (Å²) in [5.74, 6) is 0.350. The van der Waals surface area contributed by atoms with Crippen molar-refractivity contribution >= 4 is 16.7 Å². The zero-order chi connectivity index (χ0) is 17.1. The molecule has 24 heavy (non-hydrogen) atoms. The lowest BCUT2D eigenvalue weighted by Crippen LogP contribution is -2.37. The van der Waals surface area contributed by atoms with Gasteiger partial charge in [0.2, 0.25) is 0 Å². The van der Waals surface area contributed by atoms with Gasteiger partial charge >= 0.3 is 0 Å². The van der Waals surface area contributed by atoms with E-state index in [4.69, 9.17) is 9.57 Å². The number of carbonyl (C=O) groups is 1. The number of nitrogens with zero attached hydrogens (tertiary/aromatic N) is 2. The van der Waals surface area contributed by atoms with Crippen molar-refractivity contribution in [2.24, 2.45) is 0 Å². The summed E-state index contributed by atoms with van der Waals surface area (Å²) in [6, 6.07) is 4.83. The number of pyridine rings is 1. The predicted molar refractivity (Wildman–Crippen MR) is 87.1 cm³/mol. The molecule has 0 spiro atoms. The number of carbonyl (C=O) groups excluding carboxylic acids is 1. The molecule has 1 fully saturated rings. The van der Waals surface area contributed by atoms with Crippen LogP contribution in [0.3, 0.4) is 0 Å². The SMILES string of the molecule is COc1ccc2c(=O)n(OCF)cc(C(=O)N3CCCCC3)c2c1. The van der Waals surface area contributed by atoms with Crippen LogP contribution in [0.1, 0.15) is 29.6 Å². The van der Waals surface area contributed by atoms with E-state index in [1.807, 2.05) is 0 Å². The van der Waals surface area contributed by atoms with Crippen LogP contribution in [-0.4, -0.2) is 42.6 Å². The van der Waals surface area contributed by atoms with E-state index in [0.717, 1.165) is 24.0 Å². The first-order valence-corrected chi connectivity index (χ1v) is 7.87. The van der Waals surface area contributed by atoms with Crippen molar-refractivity contribution in [1.82, 2.24) is 9.63 Å². The Hall–Kier alpha value is -2.57. The molecule has 2 aromatic rings. The fraction of sp³-hybridized carbons (Fsp3) is 0.412. The van der Waals surface area contributed by atoms with Gasteiger partial charge in [0.25, 0.3) is 18.3 Å². The third kappa shape index (κ3) is 2.93. The van der Waals surface area contributed by atoms with Gasteiger partial charge in [0.05, 0.1) is 24.3 Å². The second kappa shape index (κ2) is 6.90. The summed E-state index contributed by atoms with van der Waals surface area (Å²) in [7, 11) is 1.51. The molecular weight excluding hydrogens is 315 g/mol. The summed E-state index contributed by atoms with van der Waals surface area (Å²) in [4.78, 5) is 31.7. The summed E-state index contributed by atoms with van der Waals surface area (Å²) in [5.41, 5.74) is -0.209. The first kappa shape index (κ1) is 16.3. The van der Waals surface area contributed by atoms with Crippen LogP contribution in [0.25, 0.3) is 10.8 Å². The number of piperidine rings is 1. The number of alkyl halides is 1. The molecule has 1 aromatic heterocycles. The van der Waals surface area contributed by atoms with Crippen molar-refractivity contribution in [3.63, 3.8) is 0 Å². The summed E-state index contributed by atoms with van der Waals surface area (Å²) in [5, 5.41) is 0.765. The van der Waals surface area contributed by atoms with Crippen molar-refractivity contribution < 1.29 is 18.8 Å². The van der Waals surface area contributed by atoms with E-state index in [1.165, 1.54) is 13.3 Å². The molecule has 1 aliphatic rings. The van der Waals surface area contributed by atoms with Gasteiger partial charge in [-0.1, -0.05) is 0 Å². The number of methoxy groups -OCH3 is 1. The highest BCUT2D eigenvalue weighted by atomic mass is 19.1. The second-order valence-corrected chi connectivity index (χ2v) is 5.68. The Labute approximate surface area is 138 Å². The molecule has 0 N–H and O–H groups in total. The normalized spacial score (nSPS) is 14.7. The van der Waals surface area contributed by atoms with Gasteiger partial charge in [0, 0.05) is 18.5 Å². The molecule has 7 heteroatoms.